The second-order valence-corrected chi connectivity index (χ2v) is 6.69. The molecule has 7 heteroatoms. The van der Waals surface area contributed by atoms with Crippen LogP contribution in [0, 0.1) is 0 Å². The van der Waals surface area contributed by atoms with Crippen LogP contribution < -0.4 is 11.3 Å². The number of fused-ring (bicyclic) bond motifs is 3. The van der Waals surface area contributed by atoms with Crippen LogP contribution in [0.3, 0.4) is 0 Å². The Morgan fingerprint density at radius 1 is 0.846 bits per heavy atom. The Bertz CT molecular complexity index is 883. The average molecular weight is 356 g/mol. The number of benzene rings is 1. The topological polar surface area (TPSA) is 84.9 Å². The highest BCUT2D eigenvalue weighted by Crippen LogP contribution is 2.55. The van der Waals surface area contributed by atoms with Crippen LogP contribution in [0.15, 0.2) is 53.5 Å². The van der Waals surface area contributed by atoms with Crippen molar-refractivity contribution >= 4 is 0 Å². The van der Waals surface area contributed by atoms with Gasteiger partial charge < -0.3 is 29.2 Å². The van der Waals surface area contributed by atoms with Gasteiger partial charge in [-0.2, -0.15) is 0 Å². The number of ether oxygens (including phenoxy) is 4. The van der Waals surface area contributed by atoms with Gasteiger partial charge in [0.1, 0.15) is 6.04 Å². The van der Waals surface area contributed by atoms with Gasteiger partial charge in [0.25, 0.3) is 5.56 Å². The van der Waals surface area contributed by atoms with E-state index in [2.05, 4.69) is 0 Å². The SMILES string of the molecule is NC1C(n2ccccc2=O)C2(OCCO2)c2ccccc2C12OCCO2. The molecular weight excluding hydrogens is 336 g/mol. The van der Waals surface area contributed by atoms with Crippen LogP contribution in [0.5, 0.6) is 0 Å². The van der Waals surface area contributed by atoms with E-state index < -0.39 is 23.7 Å². The van der Waals surface area contributed by atoms with Gasteiger partial charge in [-0.1, -0.05) is 30.3 Å². The Morgan fingerprint density at radius 3 is 2.00 bits per heavy atom. The molecule has 1 aromatic carbocycles. The molecule has 2 spiro atoms. The fraction of sp³-hybridized carbons (Fsp3) is 0.421. The highest BCUT2D eigenvalue weighted by atomic mass is 16.8. The molecule has 2 atom stereocenters. The lowest BCUT2D eigenvalue weighted by Gasteiger charge is -2.50. The molecule has 2 aliphatic heterocycles. The van der Waals surface area contributed by atoms with Crippen LogP contribution in [0.25, 0.3) is 0 Å². The molecule has 0 saturated carbocycles. The maximum absolute atomic E-state index is 12.6. The molecule has 3 heterocycles. The van der Waals surface area contributed by atoms with Gasteiger partial charge in [-0.25, -0.2) is 0 Å². The highest BCUT2D eigenvalue weighted by Gasteiger charge is 2.64. The van der Waals surface area contributed by atoms with Crippen molar-refractivity contribution in [2.45, 2.75) is 23.7 Å². The molecule has 0 amide bonds. The number of rotatable bonds is 1. The molecule has 2 fully saturated rings. The van der Waals surface area contributed by atoms with E-state index in [0.717, 1.165) is 11.1 Å². The monoisotopic (exact) mass is 356 g/mol. The molecule has 2 saturated heterocycles. The van der Waals surface area contributed by atoms with Gasteiger partial charge in [0.15, 0.2) is 0 Å². The largest absolute Gasteiger partial charge is 0.342 e. The lowest BCUT2D eigenvalue weighted by atomic mass is 9.75. The van der Waals surface area contributed by atoms with Gasteiger partial charge in [-0.3, -0.25) is 4.79 Å². The van der Waals surface area contributed by atoms with E-state index in [1.54, 1.807) is 22.9 Å². The van der Waals surface area contributed by atoms with E-state index in [1.165, 1.54) is 6.07 Å². The minimum atomic E-state index is -1.15. The number of hydrogen-bond acceptors (Lipinski definition) is 6. The number of hydrogen-bond donors (Lipinski definition) is 1. The van der Waals surface area contributed by atoms with Crippen molar-refractivity contribution in [1.82, 2.24) is 4.57 Å². The molecule has 0 radical (unpaired) electrons. The van der Waals surface area contributed by atoms with E-state index in [0.29, 0.717) is 26.4 Å². The van der Waals surface area contributed by atoms with Crippen molar-refractivity contribution in [3.63, 3.8) is 0 Å². The first-order valence-corrected chi connectivity index (χ1v) is 8.78. The summed E-state index contributed by atoms with van der Waals surface area (Å²) in [6.07, 6.45) is 1.70. The van der Waals surface area contributed by atoms with Gasteiger partial charge in [-0.15, -0.1) is 0 Å². The first-order chi connectivity index (χ1) is 12.7. The third-order valence-corrected chi connectivity index (χ3v) is 5.43. The Morgan fingerprint density at radius 2 is 1.38 bits per heavy atom. The zero-order valence-corrected chi connectivity index (χ0v) is 14.2. The van der Waals surface area contributed by atoms with E-state index >= 15 is 0 Å². The van der Waals surface area contributed by atoms with Crippen molar-refractivity contribution in [2.75, 3.05) is 26.4 Å². The van der Waals surface area contributed by atoms with Gasteiger partial charge >= 0.3 is 0 Å². The summed E-state index contributed by atoms with van der Waals surface area (Å²) in [5.74, 6) is -2.28. The van der Waals surface area contributed by atoms with Crippen LogP contribution in [0.4, 0.5) is 0 Å². The highest BCUT2D eigenvalue weighted by molar-refractivity contribution is 5.42. The number of nitrogens with two attached hydrogens (primary N) is 1. The third-order valence-electron chi connectivity index (χ3n) is 5.43. The molecule has 1 aliphatic carbocycles. The van der Waals surface area contributed by atoms with Crippen molar-refractivity contribution in [1.29, 1.82) is 0 Å². The molecule has 0 bridgehead atoms. The van der Waals surface area contributed by atoms with Crippen molar-refractivity contribution in [2.24, 2.45) is 5.73 Å². The molecule has 5 rings (SSSR count). The minimum Gasteiger partial charge on any atom is -0.342 e. The first kappa shape index (κ1) is 16.2. The van der Waals surface area contributed by atoms with E-state index in [9.17, 15) is 4.79 Å². The van der Waals surface area contributed by atoms with Gasteiger partial charge in [-0.05, 0) is 6.07 Å². The number of aromatic nitrogens is 1. The Balaban J connectivity index is 1.81. The Labute approximate surface area is 150 Å². The first-order valence-electron chi connectivity index (χ1n) is 8.78. The zero-order valence-electron chi connectivity index (χ0n) is 14.2. The standard InChI is InChI=1S/C19H20N2O5/c20-16-17(21-8-4-3-7-15(21)22)19(25-11-12-26-19)14-6-2-1-5-13(14)18(16)23-9-10-24-18/h1-8,16-17H,9-12,20H2. The molecular formula is C19H20N2O5. The summed E-state index contributed by atoms with van der Waals surface area (Å²) in [7, 11) is 0. The molecule has 2 N–H and O–H groups in total. The minimum absolute atomic E-state index is 0.182. The van der Waals surface area contributed by atoms with Crippen LogP contribution >= 0.6 is 0 Å². The van der Waals surface area contributed by atoms with Crippen molar-refractivity contribution in [3.05, 3.63) is 70.1 Å². The van der Waals surface area contributed by atoms with Gasteiger partial charge in [0.05, 0.1) is 32.5 Å². The fourth-order valence-corrected chi connectivity index (χ4v) is 4.43. The number of nitrogens with zero attached hydrogens (tertiary/aromatic N) is 1. The fourth-order valence-electron chi connectivity index (χ4n) is 4.43. The normalized spacial score (nSPS) is 28.5. The predicted molar refractivity (Wildman–Crippen MR) is 91.3 cm³/mol. The average Bonchev–Trinajstić information content (AvgIpc) is 3.33. The van der Waals surface area contributed by atoms with Crippen LogP contribution in [-0.4, -0.2) is 37.0 Å². The van der Waals surface area contributed by atoms with E-state index in [1.807, 2.05) is 24.3 Å². The van der Waals surface area contributed by atoms with Crippen LogP contribution in [0.1, 0.15) is 17.2 Å². The third kappa shape index (κ3) is 1.97. The zero-order chi connectivity index (χ0) is 17.8. The summed E-state index contributed by atoms with van der Waals surface area (Å²) in [4.78, 5) is 12.6. The second-order valence-electron chi connectivity index (χ2n) is 6.69. The molecule has 136 valence electrons. The maximum atomic E-state index is 12.6. The second kappa shape index (κ2) is 5.73. The maximum Gasteiger partial charge on any atom is 0.251 e. The molecule has 3 aliphatic rings. The Hall–Kier alpha value is -2.03. The van der Waals surface area contributed by atoms with Crippen LogP contribution in [-0.2, 0) is 30.5 Å². The number of pyridine rings is 1. The Kier molecular flexibility index (Phi) is 3.57. The summed E-state index contributed by atoms with van der Waals surface area (Å²) in [6.45, 7) is 1.72. The summed E-state index contributed by atoms with van der Waals surface area (Å²) in [5, 5.41) is 0. The summed E-state index contributed by atoms with van der Waals surface area (Å²) in [5.41, 5.74) is 8.13. The smallest absolute Gasteiger partial charge is 0.251 e. The lowest BCUT2D eigenvalue weighted by Crippen LogP contribution is -2.63. The molecule has 2 unspecified atom stereocenters. The lowest BCUT2D eigenvalue weighted by molar-refractivity contribution is -0.269. The summed E-state index contributed by atoms with van der Waals surface area (Å²) in [6, 6.07) is 11.3. The quantitative estimate of drug-likeness (QED) is 0.815. The van der Waals surface area contributed by atoms with Crippen molar-refractivity contribution < 1.29 is 18.9 Å². The molecule has 7 nitrogen and oxygen atoms in total. The summed E-state index contributed by atoms with van der Waals surface area (Å²) < 4.78 is 25.9. The van der Waals surface area contributed by atoms with E-state index in [-0.39, 0.29) is 5.56 Å². The van der Waals surface area contributed by atoms with Gasteiger partial charge in [0, 0.05) is 23.4 Å². The van der Waals surface area contributed by atoms with Gasteiger partial charge in [0.2, 0.25) is 11.6 Å². The van der Waals surface area contributed by atoms with Crippen LogP contribution in [0.2, 0.25) is 0 Å². The molecule has 1 aromatic heterocycles. The molecule has 26 heavy (non-hydrogen) atoms. The summed E-state index contributed by atoms with van der Waals surface area (Å²) >= 11 is 0. The molecule has 2 aromatic rings. The van der Waals surface area contributed by atoms with Crippen molar-refractivity contribution in [3.8, 4) is 0 Å². The predicted octanol–water partition coefficient (Wildman–Crippen LogP) is 0.830. The van der Waals surface area contributed by atoms with E-state index in [4.69, 9.17) is 24.7 Å².